The average molecular weight is 651 g/mol. The molecule has 1 aromatic carbocycles. The second-order valence-electron chi connectivity index (χ2n) is 9.54. The van der Waals surface area contributed by atoms with Gasteiger partial charge >= 0.3 is 6.18 Å². The van der Waals surface area contributed by atoms with Gasteiger partial charge in [0.05, 0.1) is 0 Å². The maximum atomic E-state index is 13.2. The van der Waals surface area contributed by atoms with Crippen LogP contribution in [0.5, 0.6) is 0 Å². The Labute approximate surface area is 230 Å². The third-order valence-electron chi connectivity index (χ3n) is 6.83. The van der Waals surface area contributed by atoms with Crippen LogP contribution in [-0.4, -0.2) is 63.2 Å². The van der Waals surface area contributed by atoms with Crippen LogP contribution in [-0.2, 0) is 14.4 Å². The first-order valence-electron chi connectivity index (χ1n) is 12.4. The zero-order chi connectivity index (χ0) is 26.4. The average Bonchev–Trinajstić information content (AvgIpc) is 2.87. The number of nitrogen functional groups attached to an aromatic ring is 1. The molecule has 3 heterocycles. The molecule has 2 aliphatic rings. The van der Waals surface area contributed by atoms with Gasteiger partial charge in [-0.05, 0) is 80.1 Å². The number of alkyl halides is 3. The first kappa shape index (κ1) is 28.3. The summed E-state index contributed by atoms with van der Waals surface area (Å²) in [5.74, 6) is 0.817. The number of carbonyl (C=O) groups excluding carboxylic acids is 1. The molecule has 6 nitrogen and oxygen atoms in total. The molecule has 202 valence electrons. The van der Waals surface area contributed by atoms with Crippen molar-refractivity contribution in [1.82, 2.24) is 14.8 Å². The fourth-order valence-electron chi connectivity index (χ4n) is 4.90. The minimum Gasteiger partial charge on any atom is -0.384 e. The molecule has 0 saturated carbocycles. The van der Waals surface area contributed by atoms with Crippen molar-refractivity contribution in [3.05, 3.63) is 58.7 Å². The van der Waals surface area contributed by atoms with Gasteiger partial charge in [0.25, 0.3) is 0 Å². The van der Waals surface area contributed by atoms with Crippen molar-refractivity contribution in [2.45, 2.75) is 38.4 Å². The Morgan fingerprint density at radius 2 is 1.70 bits per heavy atom. The lowest BCUT2D eigenvalue weighted by Crippen LogP contribution is -2.46. The van der Waals surface area contributed by atoms with Crippen molar-refractivity contribution in [3.8, 4) is 0 Å². The summed E-state index contributed by atoms with van der Waals surface area (Å²) in [6.45, 7) is 2.49. The molecule has 2 fully saturated rings. The molecule has 1 aromatic heterocycles. The van der Waals surface area contributed by atoms with E-state index in [0.29, 0.717) is 23.9 Å². The van der Waals surface area contributed by atoms with Crippen molar-refractivity contribution in [2.75, 3.05) is 38.5 Å². The number of likely N-dealkylation sites (tertiary alicyclic amines) is 2. The van der Waals surface area contributed by atoms with Gasteiger partial charge in [0, 0.05) is 61.4 Å². The molecule has 11 heteroatoms. The van der Waals surface area contributed by atoms with Crippen LogP contribution in [0.25, 0.3) is 0 Å². The number of pyridine rings is 1. The molecule has 0 spiro atoms. The van der Waals surface area contributed by atoms with Crippen LogP contribution in [0.15, 0.2) is 42.6 Å². The van der Waals surface area contributed by atoms with Crippen LogP contribution in [0, 0.1) is 11.8 Å². The number of amides is 1. The van der Waals surface area contributed by atoms with Gasteiger partial charge < -0.3 is 13.7 Å². The molecule has 2 aliphatic heterocycles. The third kappa shape index (κ3) is 8.36. The van der Waals surface area contributed by atoms with Crippen LogP contribution >= 0.6 is 32.7 Å². The molecule has 2 N–H and O–H groups in total. The summed E-state index contributed by atoms with van der Waals surface area (Å²) in [7, 11) is 0. The van der Waals surface area contributed by atoms with Gasteiger partial charge in [-0.1, -0.05) is 23.7 Å². The Balaban J connectivity index is 1.31. The second kappa shape index (κ2) is 12.9. The highest BCUT2D eigenvalue weighted by Gasteiger charge is 2.33. The zero-order valence-corrected chi connectivity index (χ0v) is 23.3. The summed E-state index contributed by atoms with van der Waals surface area (Å²) in [5.41, 5.74) is 7.78. The molecule has 0 radical (unpaired) electrons. The molecule has 1 amide bonds. The zero-order valence-electron chi connectivity index (χ0n) is 20.4. The number of benzene rings is 1. The minimum absolute atomic E-state index is 0.0116. The number of carbonyl (C=O) groups is 1. The van der Waals surface area contributed by atoms with E-state index in [0.717, 1.165) is 60.0 Å². The Bertz CT molecular complexity index is 1080. The van der Waals surface area contributed by atoms with Gasteiger partial charge in [-0.3, -0.25) is 9.69 Å². The molecule has 37 heavy (non-hydrogen) atoms. The first-order chi connectivity index (χ1) is 17.7. The molecule has 0 bridgehead atoms. The van der Waals surface area contributed by atoms with E-state index in [9.17, 15) is 18.0 Å². The van der Waals surface area contributed by atoms with Gasteiger partial charge in [0.2, 0.25) is 5.91 Å². The van der Waals surface area contributed by atoms with Crippen LogP contribution < -0.4 is 5.73 Å². The van der Waals surface area contributed by atoms with Crippen molar-refractivity contribution < 1.29 is 21.0 Å². The molecule has 0 unspecified atom stereocenters. The monoisotopic (exact) mass is 650 g/mol. The van der Waals surface area contributed by atoms with Crippen LogP contribution in [0.4, 0.5) is 19.0 Å². The van der Waals surface area contributed by atoms with Crippen LogP contribution in [0.2, 0.25) is 5.02 Å². The Morgan fingerprint density at radius 3 is 2.32 bits per heavy atom. The molecule has 2 saturated heterocycles. The molecule has 0 aliphatic carbocycles. The van der Waals surface area contributed by atoms with Crippen molar-refractivity contribution in [2.24, 2.45) is 11.8 Å². The number of aromatic nitrogens is 1. The number of rotatable bonds is 7. The maximum absolute atomic E-state index is 13.2. The molecule has 0 atom stereocenters. The third-order valence-corrected chi connectivity index (χ3v) is 9.68. The van der Waals surface area contributed by atoms with Crippen LogP contribution in [0.3, 0.4) is 0 Å². The fraction of sp³-hybridized carbons (Fsp3) is 0.500. The predicted molar refractivity (Wildman–Crippen MR) is 148 cm³/mol. The van der Waals surface area contributed by atoms with E-state index >= 15 is 0 Å². The lowest BCUT2D eigenvalue weighted by molar-refractivity contribution is -0.146. The van der Waals surface area contributed by atoms with E-state index in [1.54, 1.807) is 18.3 Å². The topological polar surface area (TPSA) is 71.7 Å². The predicted octanol–water partition coefficient (Wildman–Crippen LogP) is 5.45. The van der Waals surface area contributed by atoms with E-state index in [2.05, 4.69) is 9.88 Å². The minimum atomic E-state index is -4.35. The second-order valence-corrected chi connectivity index (χ2v) is 12.2. The van der Waals surface area contributed by atoms with Crippen molar-refractivity contribution >= 4 is 48.0 Å². The van der Waals surface area contributed by atoms with Gasteiger partial charge in [-0.15, -0.1) is 0 Å². The van der Waals surface area contributed by atoms with E-state index in [-0.39, 0.29) is 17.7 Å². The summed E-state index contributed by atoms with van der Waals surface area (Å²) in [5, 5.41) is 0.578. The van der Waals surface area contributed by atoms with Gasteiger partial charge in [-0.2, -0.15) is 13.2 Å². The quantitative estimate of drug-likeness (QED) is 0.404. The fourth-order valence-corrected chi connectivity index (χ4v) is 7.47. The summed E-state index contributed by atoms with van der Waals surface area (Å²) in [6.07, 6.45) is 0.450. The normalized spacial score (nSPS) is 19.0. The summed E-state index contributed by atoms with van der Waals surface area (Å²) in [6, 6.07) is 11.0. The summed E-state index contributed by atoms with van der Waals surface area (Å²) < 4.78 is 44.1. The van der Waals surface area contributed by atoms with Gasteiger partial charge in [0.1, 0.15) is 5.82 Å². The Kier molecular flexibility index (Phi) is 9.82. The highest BCUT2D eigenvalue weighted by Crippen LogP contribution is 2.31. The number of piperidine rings is 2. The Morgan fingerprint density at radius 1 is 1.05 bits per heavy atom. The van der Waals surface area contributed by atoms with Crippen molar-refractivity contribution in [1.29, 1.82) is 0 Å². The maximum Gasteiger partial charge on any atom is 0.412 e. The largest absolute Gasteiger partial charge is 0.412 e. The lowest BCUT2D eigenvalue weighted by Gasteiger charge is -2.37. The highest BCUT2D eigenvalue weighted by atomic mass is 127. The number of hydrogen-bond acceptors (Lipinski definition) is 5. The van der Waals surface area contributed by atoms with Crippen molar-refractivity contribution in [3.63, 3.8) is 0 Å². The first-order valence-corrected chi connectivity index (χ1v) is 14.7. The van der Waals surface area contributed by atoms with Gasteiger partial charge in [-0.25, -0.2) is 4.98 Å². The van der Waals surface area contributed by atoms with Gasteiger partial charge in [0.15, 0.2) is 6.61 Å². The van der Waals surface area contributed by atoms with Crippen LogP contribution in [0.1, 0.15) is 36.8 Å². The van der Waals surface area contributed by atoms with E-state index in [1.807, 2.05) is 29.2 Å². The van der Waals surface area contributed by atoms with E-state index < -0.39 is 33.9 Å². The highest BCUT2D eigenvalue weighted by molar-refractivity contribution is 14.2. The lowest BCUT2D eigenvalue weighted by atomic mass is 9.88. The van der Waals surface area contributed by atoms with E-state index in [4.69, 9.17) is 20.4 Å². The number of anilines is 1. The smallest absolute Gasteiger partial charge is 0.384 e. The van der Waals surface area contributed by atoms with E-state index in [1.165, 1.54) is 0 Å². The number of hydrogen-bond donors (Lipinski definition) is 1. The number of nitrogens with two attached hydrogens (primary N) is 1. The Hall–Kier alpha value is -1.76. The number of nitrogens with zero attached hydrogens (tertiary/aromatic N) is 3. The summed E-state index contributed by atoms with van der Waals surface area (Å²) in [4.78, 5) is 21.6. The summed E-state index contributed by atoms with van der Waals surface area (Å²) >= 11 is 4.75. The number of halogens is 5. The molecular weight excluding hydrogens is 620 g/mol. The molecule has 2 aromatic rings. The standard InChI is InChI=1S/C26H31ClF3IN4O2/c27-22-3-1-19(2-4-22)24(31-37-17-26(28,29)30)20-8-13-35(14-9-20)25(36)21-6-11-34(12-7-21)16-18-5-10-33-23(32)15-18/h1-5,10,15,20-21H,6-9,11-14,16-17H2,(H2,32,33). The SMILES string of the molecule is Nc1cc(CN2CCC(C(=O)N3CCC(C(=IOCC(F)(F)F)c4ccc(Cl)cc4)CC3)CC2)ccn1. The molecular formula is C26H31ClF3IN4O2. The molecule has 4 rings (SSSR count).